The molecule has 1 aliphatic heterocycles. The lowest BCUT2D eigenvalue weighted by Crippen LogP contribution is -2.50. The molecule has 0 unspecified atom stereocenters. The highest BCUT2D eigenvalue weighted by atomic mass is 19.4. The zero-order valence-electron chi connectivity index (χ0n) is 19.0. The highest BCUT2D eigenvalue weighted by Gasteiger charge is 2.31. The predicted octanol–water partition coefficient (Wildman–Crippen LogP) is 3.57. The summed E-state index contributed by atoms with van der Waals surface area (Å²) in [5.74, 6) is 0.331. The Morgan fingerprint density at radius 1 is 1.03 bits per heavy atom. The molecule has 11 heteroatoms. The molecule has 1 aromatic heterocycles. The van der Waals surface area contributed by atoms with Gasteiger partial charge in [0.15, 0.2) is 0 Å². The highest BCUT2D eigenvalue weighted by molar-refractivity contribution is 5.92. The maximum Gasteiger partial charge on any atom is 0.573 e. The lowest BCUT2D eigenvalue weighted by molar-refractivity contribution is -0.274. The van der Waals surface area contributed by atoms with Crippen molar-refractivity contribution >= 4 is 28.5 Å². The molecule has 0 radical (unpaired) electrons. The molecular weight excluding hydrogens is 463 g/mol. The summed E-state index contributed by atoms with van der Waals surface area (Å²) in [6, 6.07) is 12.8. The van der Waals surface area contributed by atoms with Crippen molar-refractivity contribution in [2.45, 2.75) is 25.6 Å². The molecule has 35 heavy (non-hydrogen) atoms. The van der Waals surface area contributed by atoms with E-state index < -0.39 is 6.36 Å². The van der Waals surface area contributed by atoms with Crippen LogP contribution in [0, 0.1) is 0 Å². The minimum Gasteiger partial charge on any atom is -0.406 e. The van der Waals surface area contributed by atoms with Gasteiger partial charge in [-0.2, -0.15) is 0 Å². The first-order valence-electron chi connectivity index (χ1n) is 11.3. The number of ether oxygens (including phenoxy) is 1. The summed E-state index contributed by atoms with van der Waals surface area (Å²) in [6.45, 7) is 2.36. The number of aryl methyl sites for hydroxylation is 1. The Bertz CT molecular complexity index is 1120. The third-order valence-electron chi connectivity index (χ3n) is 5.71. The maximum absolute atomic E-state index is 12.6. The number of benzene rings is 2. The van der Waals surface area contributed by atoms with Crippen LogP contribution in [-0.2, 0) is 16.0 Å². The van der Waals surface area contributed by atoms with Crippen molar-refractivity contribution < 1.29 is 27.5 Å². The molecule has 1 saturated heterocycles. The van der Waals surface area contributed by atoms with Gasteiger partial charge in [0.1, 0.15) is 11.6 Å². The molecule has 2 amide bonds. The van der Waals surface area contributed by atoms with Crippen molar-refractivity contribution in [3.8, 4) is 5.75 Å². The number of alkyl halides is 3. The molecule has 0 saturated carbocycles. The number of para-hydroxylation sites is 2. The van der Waals surface area contributed by atoms with E-state index in [2.05, 4.69) is 20.0 Å². The Kier molecular flexibility index (Phi) is 7.54. The number of aromatic amines is 1. The minimum atomic E-state index is -4.76. The van der Waals surface area contributed by atoms with E-state index in [1.54, 1.807) is 0 Å². The number of H-pyrrole nitrogens is 1. The Labute approximate surface area is 200 Å². The van der Waals surface area contributed by atoms with Gasteiger partial charge in [-0.1, -0.05) is 12.1 Å². The van der Waals surface area contributed by atoms with E-state index in [-0.39, 0.29) is 24.1 Å². The van der Waals surface area contributed by atoms with Crippen molar-refractivity contribution in [1.82, 2.24) is 19.8 Å². The van der Waals surface area contributed by atoms with Crippen LogP contribution in [0.25, 0.3) is 11.0 Å². The Hall–Kier alpha value is -3.60. The topological polar surface area (TPSA) is 90.6 Å². The average Bonchev–Trinajstić information content (AvgIpc) is 3.22. The fourth-order valence-corrected chi connectivity index (χ4v) is 3.99. The van der Waals surface area contributed by atoms with Gasteiger partial charge in [0.05, 0.1) is 17.6 Å². The summed E-state index contributed by atoms with van der Waals surface area (Å²) in [4.78, 5) is 36.4. The molecule has 2 aromatic carbocycles. The largest absolute Gasteiger partial charge is 0.573 e. The SMILES string of the molecule is O=C(CN1CCN(C(=O)CCCc2nc3ccccc3[nH]2)CC1)Nc1ccc(OC(F)(F)F)cc1. The molecule has 1 fully saturated rings. The first kappa shape index (κ1) is 24.5. The Morgan fingerprint density at radius 3 is 2.43 bits per heavy atom. The van der Waals surface area contributed by atoms with Crippen LogP contribution >= 0.6 is 0 Å². The second kappa shape index (κ2) is 10.8. The van der Waals surface area contributed by atoms with Crippen LogP contribution in [0.15, 0.2) is 48.5 Å². The third kappa shape index (κ3) is 7.19. The summed E-state index contributed by atoms with van der Waals surface area (Å²) in [5, 5.41) is 2.66. The number of nitrogens with one attached hydrogen (secondary N) is 2. The lowest BCUT2D eigenvalue weighted by atomic mass is 10.2. The Balaban J connectivity index is 1.15. The summed E-state index contributed by atoms with van der Waals surface area (Å²) < 4.78 is 40.5. The number of piperazine rings is 1. The van der Waals surface area contributed by atoms with Crippen molar-refractivity contribution in [3.05, 3.63) is 54.4 Å². The van der Waals surface area contributed by atoms with Gasteiger partial charge in [0, 0.05) is 44.7 Å². The number of carbonyl (C=O) groups excluding carboxylic acids is 2. The second-order valence-electron chi connectivity index (χ2n) is 8.33. The number of hydrogen-bond donors (Lipinski definition) is 2. The van der Waals surface area contributed by atoms with Gasteiger partial charge in [0.2, 0.25) is 11.8 Å². The number of imidazole rings is 1. The second-order valence-corrected chi connectivity index (χ2v) is 8.33. The van der Waals surface area contributed by atoms with E-state index in [1.807, 2.05) is 34.1 Å². The van der Waals surface area contributed by atoms with E-state index in [9.17, 15) is 22.8 Å². The number of nitrogens with zero attached hydrogens (tertiary/aromatic N) is 3. The number of fused-ring (bicyclic) bond motifs is 1. The first-order valence-corrected chi connectivity index (χ1v) is 11.3. The lowest BCUT2D eigenvalue weighted by Gasteiger charge is -2.34. The zero-order valence-corrected chi connectivity index (χ0v) is 19.0. The van der Waals surface area contributed by atoms with Crippen molar-refractivity contribution in [1.29, 1.82) is 0 Å². The van der Waals surface area contributed by atoms with Crippen LogP contribution in [0.1, 0.15) is 18.7 Å². The molecule has 2 N–H and O–H groups in total. The van der Waals surface area contributed by atoms with E-state index in [0.717, 1.165) is 29.0 Å². The number of aromatic nitrogens is 2. The number of anilines is 1. The molecule has 8 nitrogen and oxygen atoms in total. The molecule has 0 spiro atoms. The van der Waals surface area contributed by atoms with Crippen LogP contribution in [0.3, 0.4) is 0 Å². The van der Waals surface area contributed by atoms with Gasteiger partial charge >= 0.3 is 6.36 Å². The van der Waals surface area contributed by atoms with Crippen LogP contribution < -0.4 is 10.1 Å². The predicted molar refractivity (Wildman–Crippen MR) is 124 cm³/mol. The third-order valence-corrected chi connectivity index (χ3v) is 5.71. The molecule has 0 bridgehead atoms. The van der Waals surface area contributed by atoms with Crippen LogP contribution in [0.2, 0.25) is 0 Å². The van der Waals surface area contributed by atoms with Crippen LogP contribution in [0.5, 0.6) is 5.75 Å². The number of rotatable bonds is 8. The first-order chi connectivity index (χ1) is 16.7. The van der Waals surface area contributed by atoms with Gasteiger partial charge in [0.25, 0.3) is 0 Å². The highest BCUT2D eigenvalue weighted by Crippen LogP contribution is 2.24. The molecule has 3 aromatic rings. The monoisotopic (exact) mass is 489 g/mol. The molecular formula is C24H26F3N5O3. The summed E-state index contributed by atoms with van der Waals surface area (Å²) in [6.07, 6.45) is -2.92. The normalized spacial score (nSPS) is 14.8. The minimum absolute atomic E-state index is 0.0892. The standard InChI is InChI=1S/C24H26F3N5O3/c25-24(26,27)35-18-10-8-17(9-11-18)28-22(33)16-31-12-14-32(15-13-31)23(34)7-3-6-21-29-19-4-1-2-5-20(19)30-21/h1-2,4-5,8-11H,3,6-7,12-16H2,(H,28,33)(H,29,30). The van der Waals surface area contributed by atoms with Crippen molar-refractivity contribution in [2.24, 2.45) is 0 Å². The van der Waals surface area contributed by atoms with Crippen LogP contribution in [-0.4, -0.2) is 70.7 Å². The molecule has 186 valence electrons. The number of carbonyl (C=O) groups is 2. The van der Waals surface area contributed by atoms with E-state index in [1.165, 1.54) is 12.1 Å². The Morgan fingerprint density at radius 2 is 1.74 bits per heavy atom. The van der Waals surface area contributed by atoms with Gasteiger partial charge < -0.3 is 19.9 Å². The maximum atomic E-state index is 12.6. The van der Waals surface area contributed by atoms with Gasteiger partial charge in [-0.05, 0) is 42.8 Å². The van der Waals surface area contributed by atoms with Crippen molar-refractivity contribution in [3.63, 3.8) is 0 Å². The fraction of sp³-hybridized carbons (Fsp3) is 0.375. The molecule has 0 aliphatic carbocycles. The summed E-state index contributed by atoms with van der Waals surface area (Å²) in [7, 11) is 0. The molecule has 0 atom stereocenters. The number of hydrogen-bond acceptors (Lipinski definition) is 5. The van der Waals surface area contributed by atoms with Gasteiger partial charge in [-0.3, -0.25) is 14.5 Å². The van der Waals surface area contributed by atoms with E-state index in [0.29, 0.717) is 51.1 Å². The van der Waals surface area contributed by atoms with Gasteiger partial charge in [-0.15, -0.1) is 13.2 Å². The molecule has 1 aliphatic rings. The van der Waals surface area contributed by atoms with Crippen molar-refractivity contribution in [2.75, 3.05) is 38.0 Å². The summed E-state index contributed by atoms with van der Waals surface area (Å²) >= 11 is 0. The quantitative estimate of drug-likeness (QED) is 0.505. The zero-order chi connectivity index (χ0) is 24.8. The fourth-order valence-electron chi connectivity index (χ4n) is 3.99. The van der Waals surface area contributed by atoms with Gasteiger partial charge in [-0.25, -0.2) is 4.98 Å². The van der Waals surface area contributed by atoms with E-state index in [4.69, 9.17) is 0 Å². The summed E-state index contributed by atoms with van der Waals surface area (Å²) in [5.41, 5.74) is 2.28. The number of amides is 2. The molecule has 2 heterocycles. The number of halogens is 3. The molecule has 4 rings (SSSR count). The average molecular weight is 489 g/mol. The van der Waals surface area contributed by atoms with Crippen LogP contribution in [0.4, 0.5) is 18.9 Å². The smallest absolute Gasteiger partial charge is 0.406 e. The van der Waals surface area contributed by atoms with E-state index >= 15 is 0 Å².